The van der Waals surface area contributed by atoms with Crippen LogP contribution in [0.15, 0.2) is 0 Å². The third kappa shape index (κ3) is 9.82. The number of alkyl carbamates (subject to hydrolysis) is 1. The second-order valence-corrected chi connectivity index (χ2v) is 7.63. The maximum absolute atomic E-state index is 11.8. The van der Waals surface area contributed by atoms with E-state index >= 15 is 0 Å². The van der Waals surface area contributed by atoms with Crippen LogP contribution in [0.4, 0.5) is 4.79 Å². The first-order valence-corrected chi connectivity index (χ1v) is 9.14. The van der Waals surface area contributed by atoms with Crippen LogP contribution in [-0.2, 0) is 9.47 Å². The largest absolute Gasteiger partial charge is 0.444 e. The van der Waals surface area contributed by atoms with E-state index in [1.807, 2.05) is 20.8 Å². The topological polar surface area (TPSA) is 59.6 Å². The van der Waals surface area contributed by atoms with Crippen molar-refractivity contribution in [1.29, 1.82) is 0 Å². The molecule has 1 atom stereocenters. The average molecular weight is 328 g/mol. The first-order valence-electron chi connectivity index (χ1n) is 9.14. The van der Waals surface area contributed by atoms with Gasteiger partial charge >= 0.3 is 6.09 Å². The lowest BCUT2D eigenvalue weighted by Crippen LogP contribution is -2.42. The van der Waals surface area contributed by atoms with Gasteiger partial charge in [0.1, 0.15) is 5.60 Å². The Balaban J connectivity index is 2.10. The highest BCUT2D eigenvalue weighted by atomic mass is 16.6. The molecule has 23 heavy (non-hydrogen) atoms. The van der Waals surface area contributed by atoms with Crippen molar-refractivity contribution in [3.05, 3.63) is 0 Å². The zero-order chi connectivity index (χ0) is 17.3. The molecule has 0 aliphatic heterocycles. The normalized spacial score (nSPS) is 23.3. The van der Waals surface area contributed by atoms with Crippen LogP contribution in [0, 0.1) is 0 Å². The van der Waals surface area contributed by atoms with Gasteiger partial charge in [0.15, 0.2) is 0 Å². The summed E-state index contributed by atoms with van der Waals surface area (Å²) in [5, 5.41) is 6.44. The minimum Gasteiger partial charge on any atom is -0.444 e. The van der Waals surface area contributed by atoms with Crippen molar-refractivity contribution in [3.8, 4) is 0 Å². The highest BCUT2D eigenvalue weighted by molar-refractivity contribution is 5.68. The summed E-state index contributed by atoms with van der Waals surface area (Å²) in [7, 11) is 0. The van der Waals surface area contributed by atoms with E-state index in [9.17, 15) is 4.79 Å². The van der Waals surface area contributed by atoms with Crippen LogP contribution in [0.1, 0.15) is 73.1 Å². The number of ether oxygens (including phenoxy) is 2. The predicted octanol–water partition coefficient (Wildman–Crippen LogP) is 3.62. The van der Waals surface area contributed by atoms with Gasteiger partial charge in [-0.05, 0) is 59.8 Å². The van der Waals surface area contributed by atoms with Gasteiger partial charge in [-0.15, -0.1) is 0 Å². The van der Waals surface area contributed by atoms with Gasteiger partial charge in [0, 0.05) is 18.6 Å². The van der Waals surface area contributed by atoms with Crippen LogP contribution in [0.5, 0.6) is 0 Å². The number of amides is 1. The van der Waals surface area contributed by atoms with Crippen molar-refractivity contribution in [2.24, 2.45) is 0 Å². The molecule has 0 aromatic heterocycles. The molecule has 1 amide bonds. The number of nitrogens with one attached hydrogen (secondary N) is 2. The van der Waals surface area contributed by atoms with E-state index in [1.165, 1.54) is 12.8 Å². The Hall–Kier alpha value is -0.810. The van der Waals surface area contributed by atoms with Gasteiger partial charge in [0.25, 0.3) is 0 Å². The smallest absolute Gasteiger partial charge is 0.407 e. The molecule has 0 saturated heterocycles. The second kappa shape index (κ2) is 10.1. The van der Waals surface area contributed by atoms with E-state index in [4.69, 9.17) is 9.47 Å². The number of carbonyl (C=O) groups is 1. The Bertz CT molecular complexity index is 334. The fourth-order valence-electron chi connectivity index (χ4n) is 2.91. The standard InChI is InChI=1S/C18H36N2O3/c1-6-7-14(2)19-12-13-22-16-10-8-15(9-11-16)20-17(21)23-18(3,4)5/h14-16,19H,6-13H2,1-5H3,(H,20,21). The lowest BCUT2D eigenvalue weighted by molar-refractivity contribution is 0.0188. The number of carbonyl (C=O) groups excluding carboxylic acids is 1. The second-order valence-electron chi connectivity index (χ2n) is 7.63. The third-order valence-electron chi connectivity index (χ3n) is 4.07. The van der Waals surface area contributed by atoms with Gasteiger partial charge in [-0.1, -0.05) is 13.3 Å². The van der Waals surface area contributed by atoms with Crippen molar-refractivity contribution < 1.29 is 14.3 Å². The zero-order valence-corrected chi connectivity index (χ0v) is 15.6. The monoisotopic (exact) mass is 328 g/mol. The Kier molecular flexibility index (Phi) is 8.92. The van der Waals surface area contributed by atoms with Gasteiger partial charge in [0.2, 0.25) is 0 Å². The Morgan fingerprint density at radius 3 is 2.43 bits per heavy atom. The van der Waals surface area contributed by atoms with Gasteiger partial charge in [-0.2, -0.15) is 0 Å². The summed E-state index contributed by atoms with van der Waals surface area (Å²) in [5.74, 6) is 0. The maximum Gasteiger partial charge on any atom is 0.407 e. The summed E-state index contributed by atoms with van der Waals surface area (Å²) in [5.41, 5.74) is -0.438. The van der Waals surface area contributed by atoms with Crippen LogP contribution in [-0.4, -0.2) is 43.0 Å². The number of hydrogen-bond donors (Lipinski definition) is 2. The molecule has 0 radical (unpaired) electrons. The van der Waals surface area contributed by atoms with Crippen molar-refractivity contribution >= 4 is 6.09 Å². The minimum absolute atomic E-state index is 0.215. The summed E-state index contributed by atoms with van der Waals surface area (Å²) in [4.78, 5) is 11.8. The maximum atomic E-state index is 11.8. The molecule has 1 rings (SSSR count). The molecule has 0 heterocycles. The summed E-state index contributed by atoms with van der Waals surface area (Å²) in [6.07, 6.45) is 6.37. The zero-order valence-electron chi connectivity index (χ0n) is 15.6. The first kappa shape index (κ1) is 20.2. The molecule has 0 aromatic rings. The van der Waals surface area contributed by atoms with Crippen molar-refractivity contribution in [1.82, 2.24) is 10.6 Å². The molecule has 0 aromatic carbocycles. The molecular weight excluding hydrogens is 292 g/mol. The van der Waals surface area contributed by atoms with Crippen LogP contribution in [0.2, 0.25) is 0 Å². The molecule has 5 nitrogen and oxygen atoms in total. The summed E-state index contributed by atoms with van der Waals surface area (Å²) in [6.45, 7) is 11.8. The molecule has 1 aliphatic rings. The Morgan fingerprint density at radius 2 is 1.87 bits per heavy atom. The van der Waals surface area contributed by atoms with Crippen LogP contribution in [0.3, 0.4) is 0 Å². The van der Waals surface area contributed by atoms with Crippen LogP contribution in [0.25, 0.3) is 0 Å². The molecule has 1 fully saturated rings. The molecule has 0 spiro atoms. The average Bonchev–Trinajstić information content (AvgIpc) is 2.43. The SMILES string of the molecule is CCCC(C)NCCOC1CCC(NC(=O)OC(C)(C)C)CC1. The van der Waals surface area contributed by atoms with Crippen molar-refractivity contribution in [2.75, 3.05) is 13.2 Å². The van der Waals surface area contributed by atoms with Gasteiger partial charge < -0.3 is 20.1 Å². The molecule has 1 saturated carbocycles. The highest BCUT2D eigenvalue weighted by Crippen LogP contribution is 2.21. The lowest BCUT2D eigenvalue weighted by atomic mass is 9.93. The van der Waals surface area contributed by atoms with Gasteiger partial charge in [-0.25, -0.2) is 4.79 Å². The predicted molar refractivity (Wildman–Crippen MR) is 93.7 cm³/mol. The lowest BCUT2D eigenvalue weighted by Gasteiger charge is -2.30. The fourth-order valence-corrected chi connectivity index (χ4v) is 2.91. The quantitative estimate of drug-likeness (QED) is 0.668. The molecule has 1 aliphatic carbocycles. The Labute approximate surface area is 141 Å². The summed E-state index contributed by atoms with van der Waals surface area (Å²) in [6, 6.07) is 0.782. The molecular formula is C18H36N2O3. The number of rotatable bonds is 8. The highest BCUT2D eigenvalue weighted by Gasteiger charge is 2.24. The summed E-state index contributed by atoms with van der Waals surface area (Å²) < 4.78 is 11.2. The fraction of sp³-hybridized carbons (Fsp3) is 0.944. The van der Waals surface area contributed by atoms with E-state index in [0.29, 0.717) is 12.1 Å². The van der Waals surface area contributed by atoms with E-state index in [2.05, 4.69) is 24.5 Å². The third-order valence-corrected chi connectivity index (χ3v) is 4.07. The van der Waals surface area contributed by atoms with Gasteiger partial charge in [-0.3, -0.25) is 0 Å². The molecule has 0 bridgehead atoms. The molecule has 136 valence electrons. The summed E-state index contributed by atoms with van der Waals surface area (Å²) >= 11 is 0. The number of hydrogen-bond acceptors (Lipinski definition) is 4. The van der Waals surface area contributed by atoms with Gasteiger partial charge in [0.05, 0.1) is 12.7 Å². The molecule has 5 heteroatoms. The van der Waals surface area contributed by atoms with Crippen LogP contribution < -0.4 is 10.6 Å². The molecule has 1 unspecified atom stereocenters. The minimum atomic E-state index is -0.438. The van der Waals surface area contributed by atoms with E-state index in [0.717, 1.165) is 38.8 Å². The van der Waals surface area contributed by atoms with E-state index in [-0.39, 0.29) is 12.1 Å². The molecule has 2 N–H and O–H groups in total. The Morgan fingerprint density at radius 1 is 1.22 bits per heavy atom. The van der Waals surface area contributed by atoms with Crippen LogP contribution >= 0.6 is 0 Å². The first-order chi connectivity index (χ1) is 10.8. The van der Waals surface area contributed by atoms with Crippen molar-refractivity contribution in [3.63, 3.8) is 0 Å². The van der Waals surface area contributed by atoms with E-state index in [1.54, 1.807) is 0 Å². The van der Waals surface area contributed by atoms with Crippen molar-refractivity contribution in [2.45, 2.75) is 96.9 Å². The van der Waals surface area contributed by atoms with E-state index < -0.39 is 5.60 Å².